The molecule has 2 aromatic heterocycles. The lowest BCUT2D eigenvalue weighted by Crippen LogP contribution is -1.90. The topological polar surface area (TPSA) is 0 Å². The summed E-state index contributed by atoms with van der Waals surface area (Å²) in [4.78, 5) is 1.31. The molecule has 0 spiro atoms. The Kier molecular flexibility index (Phi) is 6.70. The number of fused-ring (bicyclic) bond motifs is 7. The summed E-state index contributed by atoms with van der Waals surface area (Å²) in [5.41, 5.74) is 9.04. The molecule has 9 aromatic carbocycles. The number of hydrogen-bond acceptors (Lipinski definition) is 2. The molecule has 0 saturated heterocycles. The van der Waals surface area contributed by atoms with Gasteiger partial charge >= 0.3 is 0 Å². The van der Waals surface area contributed by atoms with E-state index in [1.165, 1.54) is 107 Å². The third-order valence-electron chi connectivity index (χ3n) is 10.7. The van der Waals surface area contributed by atoms with Crippen molar-refractivity contribution >= 4 is 85.9 Å². The van der Waals surface area contributed by atoms with E-state index in [4.69, 9.17) is 0 Å². The molecule has 0 aliphatic rings. The molecule has 2 heterocycles. The Morgan fingerprint density at radius 2 is 0.808 bits per heavy atom. The molecule has 0 amide bonds. The van der Waals surface area contributed by atoms with Crippen LogP contribution in [-0.4, -0.2) is 0 Å². The fraction of sp³-hybridized carbons (Fsp3) is 0. The Morgan fingerprint density at radius 1 is 0.308 bits per heavy atom. The third-order valence-corrected chi connectivity index (χ3v) is 12.9. The molecule has 0 unspecified atom stereocenters. The largest absolute Gasteiger partial charge is 0.144 e. The van der Waals surface area contributed by atoms with Crippen LogP contribution in [-0.2, 0) is 0 Å². The molecule has 0 aliphatic carbocycles. The van der Waals surface area contributed by atoms with Crippen molar-refractivity contribution < 1.29 is 0 Å². The van der Waals surface area contributed by atoms with E-state index >= 15 is 0 Å². The van der Waals surface area contributed by atoms with E-state index < -0.39 is 0 Å². The van der Waals surface area contributed by atoms with Crippen LogP contribution < -0.4 is 0 Å². The Balaban J connectivity index is 1.18. The fourth-order valence-electron chi connectivity index (χ4n) is 8.61. The van der Waals surface area contributed by atoms with Crippen LogP contribution in [0.15, 0.2) is 181 Å². The van der Waals surface area contributed by atoms with E-state index in [2.05, 4.69) is 181 Å². The first kappa shape index (κ1) is 29.6. The molecule has 0 bridgehead atoms. The van der Waals surface area contributed by atoms with E-state index in [0.29, 0.717) is 0 Å². The second-order valence-corrected chi connectivity index (χ2v) is 15.5. The van der Waals surface area contributed by atoms with Crippen molar-refractivity contribution in [3.05, 3.63) is 181 Å². The van der Waals surface area contributed by atoms with Crippen molar-refractivity contribution in [3.63, 3.8) is 0 Å². The van der Waals surface area contributed by atoms with Crippen LogP contribution in [0.5, 0.6) is 0 Å². The highest BCUT2D eigenvalue weighted by atomic mass is 32.1. The van der Waals surface area contributed by atoms with Gasteiger partial charge in [0.15, 0.2) is 0 Å². The minimum absolute atomic E-state index is 1.25. The molecule has 0 N–H and O–H groups in total. The van der Waals surface area contributed by atoms with Crippen LogP contribution in [0.2, 0.25) is 0 Å². The Morgan fingerprint density at radius 3 is 1.37 bits per heavy atom. The van der Waals surface area contributed by atoms with Gasteiger partial charge in [0.2, 0.25) is 0 Å². The van der Waals surface area contributed by atoms with Crippen molar-refractivity contribution in [2.75, 3.05) is 0 Å². The lowest BCUT2D eigenvalue weighted by Gasteiger charge is -2.18. The summed E-state index contributed by atoms with van der Waals surface area (Å²) in [6.07, 6.45) is 0. The summed E-state index contributed by atoms with van der Waals surface area (Å²) >= 11 is 3.73. The highest BCUT2D eigenvalue weighted by Gasteiger charge is 2.21. The van der Waals surface area contributed by atoms with Crippen molar-refractivity contribution in [1.82, 2.24) is 0 Å². The first-order chi connectivity index (χ1) is 25.8. The zero-order valence-corrected chi connectivity index (χ0v) is 29.8. The van der Waals surface area contributed by atoms with Crippen LogP contribution in [0.3, 0.4) is 0 Å². The highest BCUT2D eigenvalue weighted by Crippen LogP contribution is 2.50. The second-order valence-electron chi connectivity index (χ2n) is 13.5. The molecule has 0 radical (unpaired) electrons. The van der Waals surface area contributed by atoms with Gasteiger partial charge in [0, 0.05) is 36.2 Å². The van der Waals surface area contributed by atoms with E-state index in [-0.39, 0.29) is 0 Å². The molecular formula is C50H30S2. The normalized spacial score (nSPS) is 11.8. The van der Waals surface area contributed by atoms with Gasteiger partial charge in [-0.05, 0) is 94.5 Å². The van der Waals surface area contributed by atoms with Crippen LogP contribution in [0, 0.1) is 0 Å². The monoisotopic (exact) mass is 694 g/mol. The van der Waals surface area contributed by atoms with Gasteiger partial charge in [-0.2, -0.15) is 0 Å². The summed E-state index contributed by atoms with van der Waals surface area (Å²) in [7, 11) is 0. The quantitative estimate of drug-likeness (QED) is 0.161. The van der Waals surface area contributed by atoms with Crippen LogP contribution in [0.25, 0.3) is 107 Å². The lowest BCUT2D eigenvalue weighted by atomic mass is 9.85. The van der Waals surface area contributed by atoms with Crippen molar-refractivity contribution in [2.24, 2.45) is 0 Å². The molecule has 0 saturated carbocycles. The average Bonchev–Trinajstić information content (AvgIpc) is 3.88. The number of benzene rings is 9. The van der Waals surface area contributed by atoms with Crippen molar-refractivity contribution in [1.29, 1.82) is 0 Å². The number of hydrogen-bond donors (Lipinski definition) is 0. The summed E-state index contributed by atoms with van der Waals surface area (Å²) in [5, 5.41) is 15.1. The first-order valence-corrected chi connectivity index (χ1v) is 19.5. The van der Waals surface area contributed by atoms with Gasteiger partial charge in [-0.15, -0.1) is 22.7 Å². The van der Waals surface area contributed by atoms with Gasteiger partial charge in [-0.25, -0.2) is 0 Å². The SMILES string of the molecule is c1ccc(-c2c3ccccc3c(-c3ccc4sc5c(-c6c7ccccc7c(-c7cccs7)c7ccccc67)cccc5c4c3)c3ccccc23)cc1. The van der Waals surface area contributed by atoms with Gasteiger partial charge in [-0.3, -0.25) is 0 Å². The molecule has 242 valence electrons. The third kappa shape index (κ3) is 4.38. The summed E-state index contributed by atoms with van der Waals surface area (Å²) < 4.78 is 2.65. The van der Waals surface area contributed by atoms with Gasteiger partial charge in [-0.1, -0.05) is 158 Å². The molecule has 11 aromatic rings. The molecule has 0 fully saturated rings. The van der Waals surface area contributed by atoms with Gasteiger partial charge in [0.1, 0.15) is 0 Å². The molecule has 11 rings (SSSR count). The van der Waals surface area contributed by atoms with E-state index in [1.54, 1.807) is 0 Å². The number of rotatable bonds is 4. The van der Waals surface area contributed by atoms with Crippen LogP contribution in [0.1, 0.15) is 0 Å². The zero-order valence-electron chi connectivity index (χ0n) is 28.1. The molecule has 2 heteroatoms. The minimum atomic E-state index is 1.25. The van der Waals surface area contributed by atoms with Crippen LogP contribution >= 0.6 is 22.7 Å². The van der Waals surface area contributed by atoms with Gasteiger partial charge < -0.3 is 0 Å². The minimum Gasteiger partial charge on any atom is -0.144 e. The predicted molar refractivity (Wildman–Crippen MR) is 229 cm³/mol. The smallest absolute Gasteiger partial charge is 0.0434 e. The average molecular weight is 695 g/mol. The van der Waals surface area contributed by atoms with Crippen LogP contribution in [0.4, 0.5) is 0 Å². The molecule has 0 aliphatic heterocycles. The van der Waals surface area contributed by atoms with Crippen molar-refractivity contribution in [2.45, 2.75) is 0 Å². The first-order valence-electron chi connectivity index (χ1n) is 17.8. The zero-order chi connectivity index (χ0) is 34.2. The standard InChI is InChI=1S/C50H30S2/c1-2-14-31(15-3-1)46-33-16-4-6-18-35(33)47(36-19-7-5-17-34(36)46)32-27-28-44-43(30-32)41-24-12-25-42(50(41)52-44)48-37-20-8-10-22-39(37)49(45-26-13-29-51-45)40-23-11-9-21-38(40)48/h1-30H. The predicted octanol–water partition coefficient (Wildman–Crippen LogP) is 15.4. The van der Waals surface area contributed by atoms with E-state index in [0.717, 1.165) is 0 Å². The fourth-order valence-corrected chi connectivity index (χ4v) is 10.6. The van der Waals surface area contributed by atoms with Gasteiger partial charge in [0.05, 0.1) is 0 Å². The maximum atomic E-state index is 2.45. The maximum absolute atomic E-state index is 2.45. The summed E-state index contributed by atoms with van der Waals surface area (Å²) in [6, 6.07) is 65.1. The molecular weight excluding hydrogens is 665 g/mol. The summed E-state index contributed by atoms with van der Waals surface area (Å²) in [6.45, 7) is 0. The summed E-state index contributed by atoms with van der Waals surface area (Å²) in [5.74, 6) is 0. The van der Waals surface area contributed by atoms with E-state index in [1.807, 2.05) is 22.7 Å². The van der Waals surface area contributed by atoms with Gasteiger partial charge in [0.25, 0.3) is 0 Å². The second kappa shape index (κ2) is 11.7. The lowest BCUT2D eigenvalue weighted by molar-refractivity contribution is 1.66. The van der Waals surface area contributed by atoms with E-state index in [9.17, 15) is 0 Å². The molecule has 0 nitrogen and oxygen atoms in total. The maximum Gasteiger partial charge on any atom is 0.0434 e. The number of thiophene rings is 2. The molecule has 52 heavy (non-hydrogen) atoms. The molecule has 0 atom stereocenters. The Labute approximate surface area is 309 Å². The highest BCUT2D eigenvalue weighted by molar-refractivity contribution is 7.26. The Bertz CT molecular complexity index is 3050. The van der Waals surface area contributed by atoms with Crippen molar-refractivity contribution in [3.8, 4) is 43.8 Å². The Hall–Kier alpha value is -6.06.